The van der Waals surface area contributed by atoms with Crippen molar-refractivity contribution in [1.82, 2.24) is 0 Å². The zero-order valence-electron chi connectivity index (χ0n) is 16.0. The van der Waals surface area contributed by atoms with Crippen LogP contribution in [0.2, 0.25) is 0 Å². The number of benzene rings is 2. The van der Waals surface area contributed by atoms with E-state index in [-0.39, 0.29) is 0 Å². The van der Waals surface area contributed by atoms with Crippen molar-refractivity contribution in [1.29, 1.82) is 0 Å². The Hall–Kier alpha value is -2.48. The minimum Gasteiger partial charge on any atom is -0.405 e. The van der Waals surface area contributed by atoms with Gasteiger partial charge in [0, 0.05) is 18.8 Å². The molecule has 1 fully saturated rings. The third-order valence-corrected chi connectivity index (χ3v) is 4.96. The van der Waals surface area contributed by atoms with E-state index >= 15 is 0 Å². The van der Waals surface area contributed by atoms with Gasteiger partial charge in [0.15, 0.2) is 0 Å². The highest BCUT2D eigenvalue weighted by Gasteiger charge is 2.20. The molecule has 138 valence electrons. The summed E-state index contributed by atoms with van der Waals surface area (Å²) in [6.07, 6.45) is 5.98. The first-order valence-electron chi connectivity index (χ1n) is 9.60. The highest BCUT2D eigenvalue weighted by Crippen LogP contribution is 2.31. The van der Waals surface area contributed by atoms with Gasteiger partial charge in [0.2, 0.25) is 0 Å². The van der Waals surface area contributed by atoms with E-state index in [0.29, 0.717) is 0 Å². The standard InChI is InChI=1S/C22H27N.C2H5N/c1-3-7-18(2)19-10-12-22(13-11-19)23-16-14-21(15-17-23)20-8-5-4-6-9-20;1-2-3/h4-6,8-13,21H,2-3,7,14-17H2,1H3;2H,1,3H2. The molecular formula is C24H32N2. The summed E-state index contributed by atoms with van der Waals surface area (Å²) < 4.78 is 0. The fraction of sp³-hybridized carbons (Fsp3) is 0.333. The fourth-order valence-electron chi connectivity index (χ4n) is 3.55. The van der Waals surface area contributed by atoms with Gasteiger partial charge in [-0.2, -0.15) is 0 Å². The largest absolute Gasteiger partial charge is 0.405 e. The molecule has 3 rings (SSSR count). The Morgan fingerprint density at radius 3 is 2.19 bits per heavy atom. The van der Waals surface area contributed by atoms with Crippen LogP contribution in [-0.2, 0) is 0 Å². The van der Waals surface area contributed by atoms with Crippen LogP contribution in [0.25, 0.3) is 5.57 Å². The van der Waals surface area contributed by atoms with Crippen molar-refractivity contribution >= 4 is 11.3 Å². The van der Waals surface area contributed by atoms with Crippen LogP contribution in [0.1, 0.15) is 49.7 Å². The molecule has 2 heteroatoms. The molecule has 1 heterocycles. The van der Waals surface area contributed by atoms with Crippen molar-refractivity contribution in [3.63, 3.8) is 0 Å². The SMILES string of the molecule is C=C(CCC)c1ccc(N2CCC(c3ccccc3)CC2)cc1.C=CN. The zero-order chi connectivity index (χ0) is 18.8. The van der Waals surface area contributed by atoms with Gasteiger partial charge in [0.1, 0.15) is 0 Å². The first kappa shape index (κ1) is 19.8. The predicted molar refractivity (Wildman–Crippen MR) is 115 cm³/mol. The van der Waals surface area contributed by atoms with E-state index in [1.54, 1.807) is 0 Å². The van der Waals surface area contributed by atoms with Crippen molar-refractivity contribution in [2.75, 3.05) is 18.0 Å². The lowest BCUT2D eigenvalue weighted by molar-refractivity contribution is 0.505. The number of nitrogens with two attached hydrogens (primary N) is 1. The first-order valence-corrected chi connectivity index (χ1v) is 9.60. The van der Waals surface area contributed by atoms with Crippen molar-refractivity contribution < 1.29 is 0 Å². The second kappa shape index (κ2) is 10.5. The van der Waals surface area contributed by atoms with Crippen molar-refractivity contribution in [2.45, 2.75) is 38.5 Å². The van der Waals surface area contributed by atoms with Gasteiger partial charge in [-0.05, 0) is 60.2 Å². The number of rotatable bonds is 5. The fourth-order valence-corrected chi connectivity index (χ4v) is 3.55. The minimum atomic E-state index is 0.719. The summed E-state index contributed by atoms with van der Waals surface area (Å²) in [4.78, 5) is 2.52. The molecule has 1 aliphatic heterocycles. The van der Waals surface area contributed by atoms with E-state index in [0.717, 1.165) is 31.8 Å². The van der Waals surface area contributed by atoms with Gasteiger partial charge in [0.05, 0.1) is 0 Å². The van der Waals surface area contributed by atoms with E-state index in [1.165, 1.54) is 41.4 Å². The molecule has 1 aliphatic rings. The first-order chi connectivity index (χ1) is 12.7. The van der Waals surface area contributed by atoms with Gasteiger partial charge in [-0.1, -0.05) is 69.0 Å². The molecule has 2 aromatic carbocycles. The minimum absolute atomic E-state index is 0.719. The summed E-state index contributed by atoms with van der Waals surface area (Å²) >= 11 is 0. The normalized spacial score (nSPS) is 14.3. The second-order valence-electron chi connectivity index (χ2n) is 6.81. The van der Waals surface area contributed by atoms with Crippen molar-refractivity contribution in [2.24, 2.45) is 5.73 Å². The highest BCUT2D eigenvalue weighted by molar-refractivity contribution is 5.65. The molecule has 26 heavy (non-hydrogen) atoms. The molecule has 1 saturated heterocycles. The molecule has 0 bridgehead atoms. The lowest BCUT2D eigenvalue weighted by Gasteiger charge is -2.34. The van der Waals surface area contributed by atoms with E-state index in [9.17, 15) is 0 Å². The quantitative estimate of drug-likeness (QED) is 0.721. The molecule has 0 aliphatic carbocycles. The summed E-state index contributed by atoms with van der Waals surface area (Å²) in [5.74, 6) is 0.719. The van der Waals surface area contributed by atoms with Crippen LogP contribution < -0.4 is 10.6 Å². The summed E-state index contributed by atoms with van der Waals surface area (Å²) in [5.41, 5.74) is 10.00. The number of hydrogen-bond acceptors (Lipinski definition) is 2. The average molecular weight is 349 g/mol. The van der Waals surface area contributed by atoms with Gasteiger partial charge in [0.25, 0.3) is 0 Å². The number of anilines is 1. The number of piperidine rings is 1. The molecule has 0 aromatic heterocycles. The highest BCUT2D eigenvalue weighted by atomic mass is 15.1. The molecule has 0 radical (unpaired) electrons. The summed E-state index contributed by atoms with van der Waals surface area (Å²) in [7, 11) is 0. The Morgan fingerprint density at radius 1 is 1.08 bits per heavy atom. The second-order valence-corrected chi connectivity index (χ2v) is 6.81. The van der Waals surface area contributed by atoms with Crippen LogP contribution in [0.5, 0.6) is 0 Å². The molecule has 2 nitrogen and oxygen atoms in total. The van der Waals surface area contributed by atoms with Gasteiger partial charge in [-0.25, -0.2) is 0 Å². The van der Waals surface area contributed by atoms with Gasteiger partial charge >= 0.3 is 0 Å². The lowest BCUT2D eigenvalue weighted by atomic mass is 9.89. The molecular weight excluding hydrogens is 316 g/mol. The third-order valence-electron chi connectivity index (χ3n) is 4.96. The number of allylic oxidation sites excluding steroid dienone is 1. The molecule has 0 spiro atoms. The maximum absolute atomic E-state index is 4.61. The molecule has 2 N–H and O–H groups in total. The molecule has 0 saturated carbocycles. The summed E-state index contributed by atoms with van der Waals surface area (Å²) in [5, 5.41) is 0. The Morgan fingerprint density at radius 2 is 1.65 bits per heavy atom. The van der Waals surface area contributed by atoms with Gasteiger partial charge in [-0.15, -0.1) is 0 Å². The lowest BCUT2D eigenvalue weighted by Crippen LogP contribution is -2.32. The summed E-state index contributed by atoms with van der Waals surface area (Å²) in [6.45, 7) is 11.8. The molecule has 0 amide bonds. The maximum atomic E-state index is 4.61. The maximum Gasteiger partial charge on any atom is 0.0366 e. The van der Waals surface area contributed by atoms with Crippen LogP contribution in [-0.4, -0.2) is 13.1 Å². The van der Waals surface area contributed by atoms with Gasteiger partial charge < -0.3 is 10.6 Å². The Bertz CT molecular complexity index is 665. The Balaban J connectivity index is 0.000000758. The Kier molecular flexibility index (Phi) is 8.01. The van der Waals surface area contributed by atoms with Crippen LogP contribution in [0.3, 0.4) is 0 Å². The topological polar surface area (TPSA) is 29.3 Å². The van der Waals surface area contributed by atoms with Crippen LogP contribution in [0.15, 0.2) is 74.0 Å². The van der Waals surface area contributed by atoms with E-state index < -0.39 is 0 Å². The van der Waals surface area contributed by atoms with E-state index in [2.05, 4.69) is 85.3 Å². The molecule has 0 unspecified atom stereocenters. The number of nitrogens with zero attached hydrogens (tertiary/aromatic N) is 1. The summed E-state index contributed by atoms with van der Waals surface area (Å²) in [6, 6.07) is 20.0. The van der Waals surface area contributed by atoms with Crippen LogP contribution >= 0.6 is 0 Å². The Labute approximate surface area is 159 Å². The van der Waals surface area contributed by atoms with Crippen molar-refractivity contribution in [3.05, 3.63) is 85.1 Å². The third kappa shape index (κ3) is 5.52. The smallest absolute Gasteiger partial charge is 0.0366 e. The monoisotopic (exact) mass is 348 g/mol. The molecule has 0 atom stereocenters. The van der Waals surface area contributed by atoms with E-state index in [4.69, 9.17) is 0 Å². The molecule has 2 aromatic rings. The average Bonchev–Trinajstić information content (AvgIpc) is 2.70. The van der Waals surface area contributed by atoms with Crippen molar-refractivity contribution in [3.8, 4) is 0 Å². The van der Waals surface area contributed by atoms with Crippen LogP contribution in [0, 0.1) is 0 Å². The number of hydrogen-bond donors (Lipinski definition) is 1. The van der Waals surface area contributed by atoms with Crippen LogP contribution in [0.4, 0.5) is 5.69 Å². The predicted octanol–water partition coefficient (Wildman–Crippen LogP) is 5.97. The zero-order valence-corrected chi connectivity index (χ0v) is 16.0. The van der Waals surface area contributed by atoms with Gasteiger partial charge in [-0.3, -0.25) is 0 Å². The van der Waals surface area contributed by atoms with E-state index in [1.807, 2.05) is 0 Å².